The summed E-state index contributed by atoms with van der Waals surface area (Å²) < 4.78 is 11.2. The minimum Gasteiger partial charge on any atom is -0.497 e. The van der Waals surface area contributed by atoms with Gasteiger partial charge in [-0.3, -0.25) is 4.90 Å². The van der Waals surface area contributed by atoms with Gasteiger partial charge in [0.1, 0.15) is 11.3 Å². The van der Waals surface area contributed by atoms with E-state index >= 15 is 0 Å². The van der Waals surface area contributed by atoms with E-state index in [1.807, 2.05) is 30.3 Å². The van der Waals surface area contributed by atoms with Gasteiger partial charge in [0.25, 0.3) is 6.01 Å². The first-order chi connectivity index (χ1) is 12.2. The molecule has 0 bridgehead atoms. The van der Waals surface area contributed by atoms with Crippen molar-refractivity contribution in [3.05, 3.63) is 54.1 Å². The second kappa shape index (κ2) is 6.76. The van der Waals surface area contributed by atoms with Gasteiger partial charge in [0, 0.05) is 32.2 Å². The van der Waals surface area contributed by atoms with E-state index in [0.717, 1.165) is 49.0 Å². The fourth-order valence-corrected chi connectivity index (χ4v) is 3.41. The molecule has 1 unspecified atom stereocenters. The molecule has 1 aliphatic rings. The Labute approximate surface area is 147 Å². The third-order valence-corrected chi connectivity index (χ3v) is 4.99. The zero-order valence-corrected chi connectivity index (χ0v) is 14.7. The lowest BCUT2D eigenvalue weighted by Crippen LogP contribution is -2.47. The van der Waals surface area contributed by atoms with E-state index in [2.05, 4.69) is 39.9 Å². The van der Waals surface area contributed by atoms with Gasteiger partial charge in [0.05, 0.1) is 7.11 Å². The number of aromatic nitrogens is 1. The smallest absolute Gasteiger partial charge is 0.298 e. The number of fused-ring (bicyclic) bond motifs is 1. The highest BCUT2D eigenvalue weighted by atomic mass is 16.5. The lowest BCUT2D eigenvalue weighted by Gasteiger charge is -2.37. The topological polar surface area (TPSA) is 41.7 Å². The molecule has 0 N–H and O–H groups in total. The number of benzene rings is 2. The molecule has 1 saturated heterocycles. The number of piperazine rings is 1. The number of methoxy groups -OCH3 is 1. The minimum absolute atomic E-state index is 0.362. The fraction of sp³-hybridized carbons (Fsp3) is 0.350. The molecule has 0 amide bonds. The number of ether oxygens (including phenoxy) is 1. The van der Waals surface area contributed by atoms with Gasteiger partial charge in [-0.1, -0.05) is 24.3 Å². The Morgan fingerprint density at radius 1 is 1.04 bits per heavy atom. The van der Waals surface area contributed by atoms with Gasteiger partial charge in [-0.25, -0.2) is 0 Å². The molecule has 1 aliphatic heterocycles. The van der Waals surface area contributed by atoms with Crippen molar-refractivity contribution in [3.8, 4) is 5.75 Å². The van der Waals surface area contributed by atoms with Gasteiger partial charge in [-0.15, -0.1) is 0 Å². The number of nitrogens with zero attached hydrogens (tertiary/aromatic N) is 3. The van der Waals surface area contributed by atoms with Crippen LogP contribution in [0.4, 0.5) is 6.01 Å². The van der Waals surface area contributed by atoms with Crippen LogP contribution in [0.3, 0.4) is 0 Å². The second-order valence-corrected chi connectivity index (χ2v) is 6.44. The largest absolute Gasteiger partial charge is 0.497 e. The summed E-state index contributed by atoms with van der Waals surface area (Å²) in [7, 11) is 1.71. The normalized spacial score (nSPS) is 17.0. The highest BCUT2D eigenvalue weighted by Crippen LogP contribution is 2.27. The molecule has 0 radical (unpaired) electrons. The molecular formula is C20H23N3O2. The first-order valence-corrected chi connectivity index (χ1v) is 8.73. The van der Waals surface area contributed by atoms with Gasteiger partial charge in [0.15, 0.2) is 5.58 Å². The van der Waals surface area contributed by atoms with E-state index in [0.29, 0.717) is 6.04 Å². The fourth-order valence-electron chi connectivity index (χ4n) is 3.41. The lowest BCUT2D eigenvalue weighted by molar-refractivity contribution is 0.195. The Balaban J connectivity index is 1.43. The van der Waals surface area contributed by atoms with Crippen LogP contribution in [0, 0.1) is 0 Å². The SMILES string of the molecule is COc1cccc(C(C)N2CCN(c3nc4ccccc4o3)CC2)c1. The summed E-state index contributed by atoms with van der Waals surface area (Å²) in [4.78, 5) is 9.34. The maximum absolute atomic E-state index is 5.90. The summed E-state index contributed by atoms with van der Waals surface area (Å²) in [5, 5.41) is 0. The van der Waals surface area contributed by atoms with Crippen LogP contribution in [0.2, 0.25) is 0 Å². The monoisotopic (exact) mass is 337 g/mol. The Bertz CT molecular complexity index is 820. The van der Waals surface area contributed by atoms with Crippen LogP contribution in [-0.2, 0) is 0 Å². The predicted molar refractivity (Wildman–Crippen MR) is 99.2 cm³/mol. The molecule has 25 heavy (non-hydrogen) atoms. The molecule has 1 aromatic heterocycles. The molecule has 3 aromatic rings. The molecule has 4 rings (SSSR count). The second-order valence-electron chi connectivity index (χ2n) is 6.44. The molecule has 0 spiro atoms. The highest BCUT2D eigenvalue weighted by molar-refractivity contribution is 5.74. The number of para-hydroxylation sites is 2. The standard InChI is InChI=1S/C20H23N3O2/c1-15(16-6-5-7-17(14-16)24-2)22-10-12-23(13-11-22)20-21-18-8-3-4-9-19(18)25-20/h3-9,14-15H,10-13H2,1-2H3. The Morgan fingerprint density at radius 3 is 2.60 bits per heavy atom. The van der Waals surface area contributed by atoms with Crippen LogP contribution in [0.15, 0.2) is 52.9 Å². The molecule has 2 aromatic carbocycles. The zero-order chi connectivity index (χ0) is 17.2. The maximum Gasteiger partial charge on any atom is 0.298 e. The van der Waals surface area contributed by atoms with E-state index in [-0.39, 0.29) is 0 Å². The molecule has 0 aliphatic carbocycles. The quantitative estimate of drug-likeness (QED) is 0.726. The first-order valence-electron chi connectivity index (χ1n) is 8.73. The minimum atomic E-state index is 0.362. The van der Waals surface area contributed by atoms with Crippen molar-refractivity contribution >= 4 is 17.1 Å². The average Bonchev–Trinajstić information content (AvgIpc) is 3.12. The van der Waals surface area contributed by atoms with Crippen molar-refractivity contribution in [1.82, 2.24) is 9.88 Å². The van der Waals surface area contributed by atoms with Crippen molar-refractivity contribution in [1.29, 1.82) is 0 Å². The number of anilines is 1. The summed E-state index contributed by atoms with van der Waals surface area (Å²) in [5.41, 5.74) is 3.06. The van der Waals surface area contributed by atoms with Gasteiger partial charge >= 0.3 is 0 Å². The average molecular weight is 337 g/mol. The van der Waals surface area contributed by atoms with Gasteiger partial charge in [-0.05, 0) is 36.8 Å². The van der Waals surface area contributed by atoms with Crippen molar-refractivity contribution in [2.75, 3.05) is 38.2 Å². The van der Waals surface area contributed by atoms with Crippen LogP contribution >= 0.6 is 0 Å². The van der Waals surface area contributed by atoms with Crippen molar-refractivity contribution in [2.24, 2.45) is 0 Å². The van der Waals surface area contributed by atoms with E-state index in [1.54, 1.807) is 7.11 Å². The number of rotatable bonds is 4. The summed E-state index contributed by atoms with van der Waals surface area (Å²) in [6, 6.07) is 17.3. The lowest BCUT2D eigenvalue weighted by atomic mass is 10.1. The van der Waals surface area contributed by atoms with Gasteiger partial charge in [-0.2, -0.15) is 4.98 Å². The van der Waals surface area contributed by atoms with E-state index < -0.39 is 0 Å². The van der Waals surface area contributed by atoms with Gasteiger partial charge in [0.2, 0.25) is 0 Å². The van der Waals surface area contributed by atoms with E-state index in [9.17, 15) is 0 Å². The Hall–Kier alpha value is -2.53. The van der Waals surface area contributed by atoms with Crippen LogP contribution < -0.4 is 9.64 Å². The Kier molecular flexibility index (Phi) is 4.32. The van der Waals surface area contributed by atoms with Crippen LogP contribution in [0.5, 0.6) is 5.75 Å². The summed E-state index contributed by atoms with van der Waals surface area (Å²) in [6.45, 7) is 6.06. The molecule has 1 fully saturated rings. The molecular weight excluding hydrogens is 314 g/mol. The summed E-state index contributed by atoms with van der Waals surface area (Å²) >= 11 is 0. The van der Waals surface area contributed by atoms with E-state index in [1.165, 1.54) is 5.56 Å². The van der Waals surface area contributed by atoms with Crippen LogP contribution in [-0.4, -0.2) is 43.2 Å². The number of hydrogen-bond acceptors (Lipinski definition) is 5. The number of hydrogen-bond donors (Lipinski definition) is 0. The molecule has 1 atom stereocenters. The first kappa shape index (κ1) is 16.0. The zero-order valence-electron chi connectivity index (χ0n) is 14.7. The van der Waals surface area contributed by atoms with Gasteiger partial charge < -0.3 is 14.1 Å². The molecule has 130 valence electrons. The molecule has 5 heteroatoms. The maximum atomic E-state index is 5.90. The summed E-state index contributed by atoms with van der Waals surface area (Å²) in [6.07, 6.45) is 0. The molecule has 0 saturated carbocycles. The third kappa shape index (κ3) is 3.20. The molecule has 2 heterocycles. The number of oxazole rings is 1. The van der Waals surface area contributed by atoms with Crippen molar-refractivity contribution < 1.29 is 9.15 Å². The van der Waals surface area contributed by atoms with Crippen molar-refractivity contribution in [3.63, 3.8) is 0 Å². The molecule has 5 nitrogen and oxygen atoms in total. The predicted octanol–water partition coefficient (Wildman–Crippen LogP) is 3.72. The van der Waals surface area contributed by atoms with Crippen LogP contribution in [0.1, 0.15) is 18.5 Å². The highest BCUT2D eigenvalue weighted by Gasteiger charge is 2.24. The van der Waals surface area contributed by atoms with E-state index in [4.69, 9.17) is 9.15 Å². The van der Waals surface area contributed by atoms with Crippen molar-refractivity contribution in [2.45, 2.75) is 13.0 Å². The Morgan fingerprint density at radius 2 is 1.84 bits per heavy atom. The third-order valence-electron chi connectivity index (χ3n) is 4.99. The summed E-state index contributed by atoms with van der Waals surface area (Å²) in [5.74, 6) is 0.912. The van der Waals surface area contributed by atoms with Crippen LogP contribution in [0.25, 0.3) is 11.1 Å².